The molecule has 1 aliphatic rings. The van der Waals surface area contributed by atoms with Crippen molar-refractivity contribution in [2.75, 3.05) is 6.54 Å². The van der Waals surface area contributed by atoms with Gasteiger partial charge in [0.15, 0.2) is 5.76 Å². The molecule has 3 nitrogen and oxygen atoms in total. The molecule has 2 aromatic heterocycles. The van der Waals surface area contributed by atoms with E-state index in [2.05, 4.69) is 0 Å². The van der Waals surface area contributed by atoms with Crippen LogP contribution in [0, 0.1) is 0 Å². The summed E-state index contributed by atoms with van der Waals surface area (Å²) in [5.41, 5.74) is 0.678. The molecular weight excluding hydrogens is 363 g/mol. The first-order valence-electron chi connectivity index (χ1n) is 8.04. The van der Waals surface area contributed by atoms with E-state index in [-0.39, 0.29) is 23.0 Å². The number of carbonyl (C=O) groups excluding carboxylic acids is 1. The van der Waals surface area contributed by atoms with Gasteiger partial charge in [-0.05, 0) is 47.7 Å². The molecule has 134 valence electrons. The highest BCUT2D eigenvalue weighted by Crippen LogP contribution is 2.33. The third-order valence-electron chi connectivity index (χ3n) is 4.39. The van der Waals surface area contributed by atoms with E-state index in [9.17, 15) is 18.0 Å². The first kappa shape index (κ1) is 16.9. The van der Waals surface area contributed by atoms with Crippen molar-refractivity contribution in [2.24, 2.45) is 0 Å². The van der Waals surface area contributed by atoms with Gasteiger partial charge in [0.1, 0.15) is 5.76 Å². The van der Waals surface area contributed by atoms with E-state index in [0.29, 0.717) is 13.1 Å². The van der Waals surface area contributed by atoms with Crippen molar-refractivity contribution in [3.8, 4) is 11.3 Å². The summed E-state index contributed by atoms with van der Waals surface area (Å²) >= 11 is 1.69. The molecule has 0 saturated heterocycles. The third-order valence-corrected chi connectivity index (χ3v) is 5.41. The van der Waals surface area contributed by atoms with Crippen LogP contribution in [0.2, 0.25) is 0 Å². The summed E-state index contributed by atoms with van der Waals surface area (Å²) in [6, 6.07) is 9.93. The lowest BCUT2D eigenvalue weighted by Gasteiger charge is -2.26. The average molecular weight is 377 g/mol. The maximum Gasteiger partial charge on any atom is 0.416 e. The van der Waals surface area contributed by atoms with Crippen molar-refractivity contribution >= 4 is 17.2 Å². The second kappa shape index (κ2) is 6.32. The zero-order chi connectivity index (χ0) is 18.3. The smallest absolute Gasteiger partial charge is 0.416 e. The molecule has 0 aliphatic carbocycles. The Morgan fingerprint density at radius 1 is 1.15 bits per heavy atom. The summed E-state index contributed by atoms with van der Waals surface area (Å²) in [6.07, 6.45) is -3.62. The largest absolute Gasteiger partial charge is 0.451 e. The maximum absolute atomic E-state index is 12.9. The molecular formula is C19H14F3NO2S. The van der Waals surface area contributed by atoms with E-state index in [4.69, 9.17) is 4.42 Å². The van der Waals surface area contributed by atoms with Crippen LogP contribution in [0.5, 0.6) is 0 Å². The average Bonchev–Trinajstić information content (AvgIpc) is 3.29. The Morgan fingerprint density at radius 2 is 2.00 bits per heavy atom. The summed E-state index contributed by atoms with van der Waals surface area (Å²) in [5.74, 6) is 0.129. The van der Waals surface area contributed by atoms with Crippen LogP contribution in [0.25, 0.3) is 11.3 Å². The van der Waals surface area contributed by atoms with Crippen LogP contribution in [0.3, 0.4) is 0 Å². The number of hydrogen-bond donors (Lipinski definition) is 0. The highest BCUT2D eigenvalue weighted by molar-refractivity contribution is 7.10. The Hall–Kier alpha value is -2.54. The van der Waals surface area contributed by atoms with E-state index in [1.54, 1.807) is 16.2 Å². The van der Waals surface area contributed by atoms with Gasteiger partial charge in [-0.1, -0.05) is 12.1 Å². The highest BCUT2D eigenvalue weighted by Gasteiger charge is 2.31. The van der Waals surface area contributed by atoms with Crippen molar-refractivity contribution in [2.45, 2.75) is 19.1 Å². The summed E-state index contributed by atoms with van der Waals surface area (Å²) in [6.45, 7) is 1.13. The molecule has 0 atom stereocenters. The lowest BCUT2D eigenvalue weighted by Crippen LogP contribution is -2.35. The number of nitrogens with zero attached hydrogens (tertiary/aromatic N) is 1. The highest BCUT2D eigenvalue weighted by atomic mass is 32.1. The summed E-state index contributed by atoms with van der Waals surface area (Å²) < 4.78 is 44.2. The van der Waals surface area contributed by atoms with Gasteiger partial charge in [0.2, 0.25) is 0 Å². The third kappa shape index (κ3) is 3.14. The standard InChI is InChI=1S/C19H14F3NO2S/c20-19(21,22)14-3-1-2-12(10-14)15-4-5-16(25-15)18(24)23-8-6-17-13(11-23)7-9-26-17/h1-5,7,9-10H,6,8,11H2. The number of fused-ring (bicyclic) bond motifs is 1. The van der Waals surface area contributed by atoms with Gasteiger partial charge in [-0.15, -0.1) is 11.3 Å². The van der Waals surface area contributed by atoms with E-state index in [0.717, 1.165) is 24.1 Å². The number of halogens is 3. The van der Waals surface area contributed by atoms with E-state index >= 15 is 0 Å². The summed E-state index contributed by atoms with van der Waals surface area (Å²) in [4.78, 5) is 15.6. The zero-order valence-electron chi connectivity index (χ0n) is 13.5. The van der Waals surface area contributed by atoms with Crippen molar-refractivity contribution in [1.29, 1.82) is 0 Å². The molecule has 3 aromatic rings. The minimum absolute atomic E-state index is 0.135. The van der Waals surface area contributed by atoms with E-state index in [1.807, 2.05) is 11.4 Å². The van der Waals surface area contributed by atoms with Gasteiger partial charge in [-0.3, -0.25) is 4.79 Å². The van der Waals surface area contributed by atoms with Gasteiger partial charge in [-0.2, -0.15) is 13.2 Å². The maximum atomic E-state index is 12.9. The van der Waals surface area contributed by atoms with Crippen LogP contribution < -0.4 is 0 Å². The summed E-state index contributed by atoms with van der Waals surface area (Å²) in [7, 11) is 0. The lowest BCUT2D eigenvalue weighted by atomic mass is 10.1. The molecule has 1 amide bonds. The summed E-state index contributed by atoms with van der Waals surface area (Å²) in [5, 5.41) is 2.01. The Morgan fingerprint density at radius 3 is 2.81 bits per heavy atom. The number of amides is 1. The van der Waals surface area contributed by atoms with Crippen molar-refractivity contribution in [1.82, 2.24) is 4.90 Å². The fourth-order valence-corrected chi connectivity index (χ4v) is 3.92. The van der Waals surface area contributed by atoms with Gasteiger partial charge in [0.05, 0.1) is 5.56 Å². The Labute approximate surface area is 151 Å². The predicted molar refractivity (Wildman–Crippen MR) is 91.9 cm³/mol. The van der Waals surface area contributed by atoms with Gasteiger partial charge < -0.3 is 9.32 Å². The van der Waals surface area contributed by atoms with Gasteiger partial charge in [0.25, 0.3) is 5.91 Å². The second-order valence-electron chi connectivity index (χ2n) is 6.09. The zero-order valence-corrected chi connectivity index (χ0v) is 14.4. The lowest BCUT2D eigenvalue weighted by molar-refractivity contribution is -0.137. The van der Waals surface area contributed by atoms with Crippen molar-refractivity contribution in [3.05, 3.63) is 69.6 Å². The van der Waals surface area contributed by atoms with Crippen LogP contribution in [0.15, 0.2) is 52.3 Å². The molecule has 0 spiro atoms. The monoisotopic (exact) mass is 377 g/mol. The van der Waals surface area contributed by atoms with Crippen LogP contribution >= 0.6 is 11.3 Å². The molecule has 0 fully saturated rings. The van der Waals surface area contributed by atoms with E-state index in [1.165, 1.54) is 29.1 Å². The molecule has 0 N–H and O–H groups in total. The fourth-order valence-electron chi connectivity index (χ4n) is 3.03. The van der Waals surface area contributed by atoms with Crippen LogP contribution in [-0.2, 0) is 19.1 Å². The predicted octanol–water partition coefficient (Wildman–Crippen LogP) is 5.23. The van der Waals surface area contributed by atoms with Gasteiger partial charge >= 0.3 is 6.18 Å². The second-order valence-corrected chi connectivity index (χ2v) is 7.09. The Kier molecular flexibility index (Phi) is 4.11. The molecule has 0 bridgehead atoms. The Balaban J connectivity index is 1.56. The SMILES string of the molecule is O=C(c1ccc(-c2cccc(C(F)(F)F)c2)o1)N1CCc2sccc2C1. The number of rotatable bonds is 2. The minimum Gasteiger partial charge on any atom is -0.451 e. The first-order chi connectivity index (χ1) is 12.4. The van der Waals surface area contributed by atoms with Gasteiger partial charge in [-0.25, -0.2) is 0 Å². The number of benzene rings is 1. The first-order valence-corrected chi connectivity index (χ1v) is 8.92. The number of carbonyl (C=O) groups is 1. The molecule has 0 saturated carbocycles. The van der Waals surface area contributed by atoms with Crippen LogP contribution in [0.1, 0.15) is 26.6 Å². The van der Waals surface area contributed by atoms with Crippen molar-refractivity contribution in [3.63, 3.8) is 0 Å². The molecule has 4 rings (SSSR count). The minimum atomic E-state index is -4.42. The molecule has 7 heteroatoms. The van der Waals surface area contributed by atoms with Crippen LogP contribution in [0.4, 0.5) is 13.2 Å². The number of thiophene rings is 1. The Bertz CT molecular complexity index is 958. The molecule has 0 unspecified atom stereocenters. The molecule has 1 aliphatic heterocycles. The number of alkyl halides is 3. The molecule has 3 heterocycles. The molecule has 26 heavy (non-hydrogen) atoms. The van der Waals surface area contributed by atoms with Gasteiger partial charge in [0, 0.05) is 23.5 Å². The van der Waals surface area contributed by atoms with E-state index < -0.39 is 11.7 Å². The number of hydrogen-bond acceptors (Lipinski definition) is 3. The number of furan rings is 1. The molecule has 0 radical (unpaired) electrons. The molecule has 1 aromatic carbocycles. The van der Waals surface area contributed by atoms with Crippen molar-refractivity contribution < 1.29 is 22.4 Å². The van der Waals surface area contributed by atoms with Crippen LogP contribution in [-0.4, -0.2) is 17.4 Å². The quantitative estimate of drug-likeness (QED) is 0.613. The fraction of sp³-hybridized carbons (Fsp3) is 0.211. The topological polar surface area (TPSA) is 33.5 Å². The normalized spacial score (nSPS) is 14.3.